The van der Waals surface area contributed by atoms with Crippen LogP contribution in [-0.4, -0.2) is 58.3 Å². The highest BCUT2D eigenvalue weighted by atomic mass is 79.9. The summed E-state index contributed by atoms with van der Waals surface area (Å²) in [7, 11) is 5.90. The van der Waals surface area contributed by atoms with Crippen LogP contribution in [0.25, 0.3) is 0 Å². The molecule has 0 heterocycles. The lowest BCUT2D eigenvalue weighted by molar-refractivity contribution is -0.143. The molecule has 0 bridgehead atoms. The van der Waals surface area contributed by atoms with Gasteiger partial charge in [0.2, 0.25) is 5.75 Å². The van der Waals surface area contributed by atoms with Crippen molar-refractivity contribution < 1.29 is 28.5 Å². The van der Waals surface area contributed by atoms with Gasteiger partial charge in [-0.3, -0.25) is 9.59 Å². The summed E-state index contributed by atoms with van der Waals surface area (Å²) in [6, 6.07) is 1.52. The monoisotopic (exact) mass is 389 g/mol. The molecule has 0 N–H and O–H groups in total. The van der Waals surface area contributed by atoms with Gasteiger partial charge in [0.05, 0.1) is 38.0 Å². The van der Waals surface area contributed by atoms with Gasteiger partial charge in [-0.05, 0) is 28.9 Å². The molecule has 0 aliphatic carbocycles. The Morgan fingerprint density at radius 3 is 2.22 bits per heavy atom. The fourth-order valence-electron chi connectivity index (χ4n) is 1.95. The Labute approximate surface area is 143 Å². The van der Waals surface area contributed by atoms with E-state index in [1.54, 1.807) is 6.92 Å². The number of ether oxygens (including phenoxy) is 4. The number of hydrogen-bond donors (Lipinski definition) is 0. The second kappa shape index (κ2) is 8.61. The fraction of sp³-hybridized carbons (Fsp3) is 0.467. The van der Waals surface area contributed by atoms with Gasteiger partial charge in [0, 0.05) is 7.05 Å². The van der Waals surface area contributed by atoms with Gasteiger partial charge in [-0.1, -0.05) is 0 Å². The van der Waals surface area contributed by atoms with Crippen molar-refractivity contribution in [2.75, 3.05) is 41.5 Å². The van der Waals surface area contributed by atoms with Crippen molar-refractivity contribution in [3.8, 4) is 17.2 Å². The van der Waals surface area contributed by atoms with E-state index < -0.39 is 5.97 Å². The molecule has 0 saturated heterocycles. The molecule has 23 heavy (non-hydrogen) atoms. The van der Waals surface area contributed by atoms with Crippen molar-refractivity contribution in [3.63, 3.8) is 0 Å². The number of halogens is 1. The van der Waals surface area contributed by atoms with E-state index >= 15 is 0 Å². The molecule has 1 amide bonds. The number of benzene rings is 1. The van der Waals surface area contributed by atoms with E-state index in [0.717, 1.165) is 0 Å². The van der Waals surface area contributed by atoms with Gasteiger partial charge in [0.1, 0.15) is 6.54 Å². The molecule has 0 radical (unpaired) electrons. The number of likely N-dealkylation sites (N-methyl/N-ethyl adjacent to an activating group) is 1. The molecule has 7 nitrogen and oxygen atoms in total. The lowest BCUT2D eigenvalue weighted by Gasteiger charge is -2.20. The fourth-order valence-corrected chi connectivity index (χ4v) is 2.58. The molecule has 1 aromatic rings. The minimum atomic E-state index is -0.480. The van der Waals surface area contributed by atoms with Gasteiger partial charge >= 0.3 is 5.97 Å². The molecule has 0 spiro atoms. The zero-order valence-electron chi connectivity index (χ0n) is 13.8. The smallest absolute Gasteiger partial charge is 0.325 e. The second-order valence-corrected chi connectivity index (χ2v) is 5.27. The lowest BCUT2D eigenvalue weighted by atomic mass is 10.1. The van der Waals surface area contributed by atoms with Crippen LogP contribution >= 0.6 is 15.9 Å². The SMILES string of the molecule is CCOC(=O)CN(C)C(=O)c1cc(OC)c(OC)c(OC)c1Br. The molecule has 0 aliphatic rings. The van der Waals surface area contributed by atoms with E-state index in [1.807, 2.05) is 0 Å². The summed E-state index contributed by atoms with van der Waals surface area (Å²) < 4.78 is 21.0. The maximum Gasteiger partial charge on any atom is 0.325 e. The number of esters is 1. The first-order chi connectivity index (χ1) is 10.9. The summed E-state index contributed by atoms with van der Waals surface area (Å²) in [6.07, 6.45) is 0. The maximum absolute atomic E-state index is 12.6. The second-order valence-electron chi connectivity index (χ2n) is 4.47. The Kier molecular flexibility index (Phi) is 7.15. The third-order valence-electron chi connectivity index (χ3n) is 3.02. The van der Waals surface area contributed by atoms with Crippen LogP contribution in [0.4, 0.5) is 0 Å². The van der Waals surface area contributed by atoms with Gasteiger partial charge in [-0.15, -0.1) is 0 Å². The summed E-state index contributed by atoms with van der Waals surface area (Å²) in [6.45, 7) is 1.81. The van der Waals surface area contributed by atoms with Crippen LogP contribution in [0.15, 0.2) is 10.5 Å². The van der Waals surface area contributed by atoms with E-state index in [9.17, 15) is 9.59 Å². The first-order valence-corrected chi connectivity index (χ1v) is 7.60. The summed E-state index contributed by atoms with van der Waals surface area (Å²) in [5.41, 5.74) is 0.284. The first kappa shape index (κ1) is 19.1. The van der Waals surface area contributed by atoms with Crippen LogP contribution in [0.2, 0.25) is 0 Å². The number of carbonyl (C=O) groups is 2. The standard InChI is InChI=1S/C15H20BrNO6/c1-6-23-11(18)8-17(2)15(19)9-7-10(20-3)13(21-4)14(22-5)12(9)16/h7H,6,8H2,1-5H3. The molecule has 0 atom stereocenters. The van der Waals surface area contributed by atoms with E-state index in [0.29, 0.717) is 21.7 Å². The zero-order valence-corrected chi connectivity index (χ0v) is 15.4. The quantitative estimate of drug-likeness (QED) is 0.664. The average Bonchev–Trinajstić information content (AvgIpc) is 2.53. The third-order valence-corrected chi connectivity index (χ3v) is 3.81. The van der Waals surface area contributed by atoms with E-state index in [1.165, 1.54) is 39.3 Å². The molecule has 128 valence electrons. The number of methoxy groups -OCH3 is 3. The Hall–Kier alpha value is -1.96. The highest BCUT2D eigenvalue weighted by Crippen LogP contribution is 2.44. The largest absolute Gasteiger partial charge is 0.493 e. The van der Waals surface area contributed by atoms with Crippen LogP contribution in [0.5, 0.6) is 17.2 Å². The average molecular weight is 390 g/mol. The van der Waals surface area contributed by atoms with E-state index in [-0.39, 0.29) is 24.6 Å². The van der Waals surface area contributed by atoms with Crippen molar-refractivity contribution in [1.29, 1.82) is 0 Å². The molecule has 0 aromatic heterocycles. The number of rotatable bonds is 7. The minimum Gasteiger partial charge on any atom is -0.493 e. The molecule has 1 rings (SSSR count). The molecule has 0 unspecified atom stereocenters. The summed E-state index contributed by atoms with van der Waals surface area (Å²) >= 11 is 3.34. The Balaban J connectivity index is 3.21. The van der Waals surface area contributed by atoms with E-state index in [2.05, 4.69) is 15.9 Å². The van der Waals surface area contributed by atoms with Crippen LogP contribution < -0.4 is 14.2 Å². The highest BCUT2D eigenvalue weighted by molar-refractivity contribution is 9.10. The van der Waals surface area contributed by atoms with Crippen LogP contribution in [-0.2, 0) is 9.53 Å². The molecule has 8 heteroatoms. The molecule has 0 saturated carbocycles. The molecule has 0 aliphatic heterocycles. The lowest BCUT2D eigenvalue weighted by Crippen LogP contribution is -2.33. The van der Waals surface area contributed by atoms with Gasteiger partial charge < -0.3 is 23.8 Å². The number of nitrogens with zero attached hydrogens (tertiary/aromatic N) is 1. The van der Waals surface area contributed by atoms with Gasteiger partial charge in [0.25, 0.3) is 5.91 Å². The predicted octanol–water partition coefficient (Wildman–Crippen LogP) is 2.11. The predicted molar refractivity (Wildman–Crippen MR) is 87.4 cm³/mol. The summed E-state index contributed by atoms with van der Waals surface area (Å²) in [4.78, 5) is 25.4. The van der Waals surface area contributed by atoms with Crippen molar-refractivity contribution in [2.24, 2.45) is 0 Å². The Bertz CT molecular complexity index is 590. The third kappa shape index (κ3) is 4.28. The molecular weight excluding hydrogens is 370 g/mol. The first-order valence-electron chi connectivity index (χ1n) is 6.80. The van der Waals surface area contributed by atoms with Crippen molar-refractivity contribution in [1.82, 2.24) is 4.90 Å². The number of amides is 1. The maximum atomic E-state index is 12.6. The van der Waals surface area contributed by atoms with E-state index in [4.69, 9.17) is 18.9 Å². The molecule has 1 aromatic carbocycles. The number of carbonyl (C=O) groups excluding carboxylic acids is 2. The van der Waals surface area contributed by atoms with Gasteiger partial charge in [-0.25, -0.2) is 0 Å². The summed E-state index contributed by atoms with van der Waals surface area (Å²) in [5.74, 6) is 0.183. The topological polar surface area (TPSA) is 74.3 Å². The van der Waals surface area contributed by atoms with Crippen molar-refractivity contribution >= 4 is 27.8 Å². The van der Waals surface area contributed by atoms with Crippen LogP contribution in [0, 0.1) is 0 Å². The Morgan fingerprint density at radius 1 is 1.13 bits per heavy atom. The van der Waals surface area contributed by atoms with Gasteiger partial charge in [0.15, 0.2) is 11.5 Å². The normalized spacial score (nSPS) is 10.0. The van der Waals surface area contributed by atoms with Crippen molar-refractivity contribution in [3.05, 3.63) is 16.1 Å². The highest BCUT2D eigenvalue weighted by Gasteiger charge is 2.25. The van der Waals surface area contributed by atoms with Crippen molar-refractivity contribution in [2.45, 2.75) is 6.92 Å². The number of hydrogen-bond acceptors (Lipinski definition) is 6. The summed E-state index contributed by atoms with van der Waals surface area (Å²) in [5, 5.41) is 0. The van der Waals surface area contributed by atoms with Gasteiger partial charge in [-0.2, -0.15) is 0 Å². The Morgan fingerprint density at radius 2 is 1.74 bits per heavy atom. The molecular formula is C15H20BrNO6. The van der Waals surface area contributed by atoms with Crippen LogP contribution in [0.3, 0.4) is 0 Å². The molecule has 0 fully saturated rings. The zero-order chi connectivity index (χ0) is 17.6. The van der Waals surface area contributed by atoms with Crippen LogP contribution in [0.1, 0.15) is 17.3 Å². The minimum absolute atomic E-state index is 0.157.